The van der Waals surface area contributed by atoms with Crippen molar-refractivity contribution in [1.29, 1.82) is 0 Å². The molecular weight excluding hydrogens is 758 g/mol. The van der Waals surface area contributed by atoms with E-state index in [0.717, 1.165) is 73.8 Å². The van der Waals surface area contributed by atoms with Gasteiger partial charge >= 0.3 is 10.2 Å². The molecule has 308 valence electrons. The molecule has 2 bridgehead atoms. The van der Waals surface area contributed by atoms with Crippen molar-refractivity contribution in [3.63, 3.8) is 0 Å². The number of benzene rings is 2. The highest BCUT2D eigenvalue weighted by Gasteiger charge is 2.44. The topological polar surface area (TPSA) is 141 Å². The van der Waals surface area contributed by atoms with Gasteiger partial charge in [-0.25, -0.2) is 4.72 Å². The first kappa shape index (κ1) is 42.4. The molecule has 56 heavy (non-hydrogen) atoms. The monoisotopic (exact) mass is 815 g/mol. The average molecular weight is 816 g/mol. The Morgan fingerprint density at radius 3 is 2.68 bits per heavy atom. The molecule has 6 rings (SSSR count). The van der Waals surface area contributed by atoms with Crippen LogP contribution in [0.1, 0.15) is 62.1 Å². The van der Waals surface area contributed by atoms with Crippen LogP contribution in [-0.4, -0.2) is 125 Å². The number of carbonyl (C=O) groups is 2. The summed E-state index contributed by atoms with van der Waals surface area (Å²) >= 11 is 6.41. The summed E-state index contributed by atoms with van der Waals surface area (Å²) in [6.45, 7) is 7.88. The Morgan fingerprint density at radius 2 is 1.93 bits per heavy atom. The van der Waals surface area contributed by atoms with Gasteiger partial charge in [-0.1, -0.05) is 35.9 Å². The number of halogens is 1. The van der Waals surface area contributed by atoms with Crippen LogP contribution in [0.2, 0.25) is 5.02 Å². The van der Waals surface area contributed by atoms with E-state index in [1.807, 2.05) is 22.9 Å². The molecule has 0 spiro atoms. The number of nitrogens with one attached hydrogen (secondary N) is 1. The second-order valence-electron chi connectivity index (χ2n) is 15.9. The molecule has 2 N–H and O–H groups in total. The molecule has 0 radical (unpaired) electrons. The number of morpholine rings is 1. The highest BCUT2D eigenvalue weighted by molar-refractivity contribution is 7.87. The Morgan fingerprint density at radius 1 is 1.11 bits per heavy atom. The van der Waals surface area contributed by atoms with Crippen molar-refractivity contribution in [3.05, 3.63) is 70.3 Å². The smallest absolute Gasteiger partial charge is 0.303 e. The van der Waals surface area contributed by atoms with Crippen LogP contribution in [0, 0.1) is 11.8 Å². The molecule has 4 aliphatic rings. The standard InChI is InChI=1S/C41H58ClN5O8S/c1-29-27-53-21-19-46(29)20-22-54-37-10-6-7-17-45(4)39(48)25-41(50,40(49)43-56(51,52)44(2)3)33-13-16-38-36(24-33)47(26-31-12-15-35(31)37)18-8-5-9-30-23-34(42)14-11-32(30)28-55-38/h6,10-11,13-14,16,23-24,29,31,35,37,50H,5,7-9,12,15,17-22,25-28H2,1-4H3,(H,43,49)/b10-6+/t29-,31+,35-,37+,41-/m1/s1. The molecule has 1 saturated heterocycles. The van der Waals surface area contributed by atoms with Crippen LogP contribution in [0.4, 0.5) is 5.69 Å². The molecule has 1 aliphatic carbocycles. The van der Waals surface area contributed by atoms with Crippen LogP contribution >= 0.6 is 11.6 Å². The van der Waals surface area contributed by atoms with Crippen LogP contribution in [0.25, 0.3) is 0 Å². The molecule has 2 aromatic carbocycles. The third-order valence-electron chi connectivity index (χ3n) is 11.9. The van der Waals surface area contributed by atoms with Gasteiger partial charge in [0, 0.05) is 64.9 Å². The van der Waals surface area contributed by atoms with Gasteiger partial charge in [0.15, 0.2) is 5.60 Å². The number of fused-ring (bicyclic) bond motifs is 3. The first-order valence-electron chi connectivity index (χ1n) is 19.9. The van der Waals surface area contributed by atoms with Crippen LogP contribution in [0.15, 0.2) is 48.6 Å². The number of rotatable bonds is 7. The van der Waals surface area contributed by atoms with E-state index in [1.165, 1.54) is 19.0 Å². The van der Waals surface area contributed by atoms with Gasteiger partial charge in [-0.3, -0.25) is 14.5 Å². The van der Waals surface area contributed by atoms with Crippen molar-refractivity contribution in [3.8, 4) is 5.75 Å². The fourth-order valence-corrected chi connectivity index (χ4v) is 8.82. The second-order valence-corrected chi connectivity index (χ2v) is 18.2. The van der Waals surface area contributed by atoms with E-state index in [-0.39, 0.29) is 30.1 Å². The minimum atomic E-state index is -4.30. The molecule has 0 aromatic heterocycles. The van der Waals surface area contributed by atoms with Gasteiger partial charge in [-0.05, 0) is 98.2 Å². The Hall–Kier alpha value is -3.24. The van der Waals surface area contributed by atoms with Crippen molar-refractivity contribution in [1.82, 2.24) is 18.8 Å². The number of hydrogen-bond acceptors (Lipinski definition) is 10. The molecule has 0 unspecified atom stereocenters. The van der Waals surface area contributed by atoms with Crippen molar-refractivity contribution in [2.75, 3.05) is 78.6 Å². The molecule has 13 nitrogen and oxygen atoms in total. The van der Waals surface area contributed by atoms with Crippen LogP contribution in [0.5, 0.6) is 5.75 Å². The van der Waals surface area contributed by atoms with Gasteiger partial charge in [0.1, 0.15) is 12.4 Å². The van der Waals surface area contributed by atoms with Crippen LogP contribution in [-0.2, 0) is 47.9 Å². The van der Waals surface area contributed by atoms with Gasteiger partial charge < -0.3 is 29.1 Å². The van der Waals surface area contributed by atoms with Crippen molar-refractivity contribution in [2.45, 2.75) is 76.2 Å². The van der Waals surface area contributed by atoms with Gasteiger partial charge in [-0.15, -0.1) is 0 Å². The quantitative estimate of drug-likeness (QED) is 0.393. The van der Waals surface area contributed by atoms with E-state index in [9.17, 15) is 23.1 Å². The molecule has 3 aliphatic heterocycles. The van der Waals surface area contributed by atoms with Gasteiger partial charge in [0.2, 0.25) is 5.91 Å². The first-order valence-corrected chi connectivity index (χ1v) is 21.7. The molecule has 2 amide bonds. The highest BCUT2D eigenvalue weighted by atomic mass is 35.5. The Bertz CT molecular complexity index is 1850. The van der Waals surface area contributed by atoms with E-state index in [1.54, 1.807) is 25.2 Å². The van der Waals surface area contributed by atoms with Crippen molar-refractivity contribution in [2.24, 2.45) is 11.8 Å². The largest absolute Gasteiger partial charge is 0.487 e. The maximum absolute atomic E-state index is 13.9. The average Bonchev–Trinajstić information content (AvgIpc) is 3.18. The third kappa shape index (κ3) is 10.1. The predicted octanol–water partition coefficient (Wildman–Crippen LogP) is 4.11. The lowest BCUT2D eigenvalue weighted by atomic mass is 9.70. The molecule has 3 heterocycles. The number of hydrogen-bond donors (Lipinski definition) is 2. The minimum absolute atomic E-state index is 0.0933. The fourth-order valence-electron chi connectivity index (χ4n) is 8.04. The zero-order valence-electron chi connectivity index (χ0n) is 33.1. The van der Waals surface area contributed by atoms with Crippen molar-refractivity contribution < 1.29 is 37.3 Å². The molecular formula is C41H58ClN5O8S. The van der Waals surface area contributed by atoms with E-state index in [2.05, 4.69) is 28.9 Å². The summed E-state index contributed by atoms with van der Waals surface area (Å²) in [6.07, 6.45) is 8.57. The Labute approximate surface area is 337 Å². The summed E-state index contributed by atoms with van der Waals surface area (Å²) < 4.78 is 47.5. The first-order chi connectivity index (χ1) is 26.7. The second kappa shape index (κ2) is 18.6. The predicted molar refractivity (Wildman–Crippen MR) is 216 cm³/mol. The van der Waals surface area contributed by atoms with Gasteiger partial charge in [-0.2, -0.15) is 12.7 Å². The summed E-state index contributed by atoms with van der Waals surface area (Å²) in [6, 6.07) is 11.1. The van der Waals surface area contributed by atoms with E-state index < -0.39 is 34.0 Å². The summed E-state index contributed by atoms with van der Waals surface area (Å²) in [4.78, 5) is 33.9. The van der Waals surface area contributed by atoms with E-state index in [4.69, 9.17) is 25.8 Å². The maximum atomic E-state index is 13.9. The summed E-state index contributed by atoms with van der Waals surface area (Å²) in [5.41, 5.74) is 0.379. The molecule has 15 heteroatoms. The van der Waals surface area contributed by atoms with E-state index >= 15 is 0 Å². The lowest BCUT2D eigenvalue weighted by molar-refractivity contribution is -0.148. The Kier molecular flexibility index (Phi) is 14.0. The third-order valence-corrected chi connectivity index (χ3v) is 13.5. The SMILES string of the molecule is C[C@@H]1COCCN1CCO[C@H]1/C=C/CCN(C)C(=O)C[C@](O)(C(=O)NS(=O)(=O)N(C)C)c2ccc3c(c2)N(CCCCc2cc(Cl)ccc2CO3)C[C@@H]2CC[C@H]21. The van der Waals surface area contributed by atoms with Crippen LogP contribution < -0.4 is 14.4 Å². The minimum Gasteiger partial charge on any atom is -0.487 e. The summed E-state index contributed by atoms with van der Waals surface area (Å²) in [7, 11) is -0.128. The molecule has 2 aromatic rings. The number of anilines is 1. The lowest BCUT2D eigenvalue weighted by Crippen LogP contribution is -2.51. The fraction of sp³-hybridized carbons (Fsp3) is 0.610. The maximum Gasteiger partial charge on any atom is 0.303 e. The number of amides is 2. The van der Waals surface area contributed by atoms with Crippen LogP contribution in [0.3, 0.4) is 0 Å². The molecule has 5 atom stereocenters. The number of aryl methyl sites for hydroxylation is 1. The van der Waals surface area contributed by atoms with Gasteiger partial charge in [0.05, 0.1) is 38.0 Å². The van der Waals surface area contributed by atoms with Gasteiger partial charge in [0.25, 0.3) is 5.91 Å². The zero-order chi connectivity index (χ0) is 40.0. The number of nitrogens with zero attached hydrogens (tertiary/aromatic N) is 4. The number of ether oxygens (including phenoxy) is 3. The zero-order valence-corrected chi connectivity index (χ0v) is 34.7. The van der Waals surface area contributed by atoms with Crippen molar-refractivity contribution >= 4 is 39.3 Å². The number of carbonyl (C=O) groups excluding carboxylic acids is 2. The summed E-state index contributed by atoms with van der Waals surface area (Å²) in [5, 5.41) is 13.0. The summed E-state index contributed by atoms with van der Waals surface area (Å²) in [5.74, 6) is -0.634. The lowest BCUT2D eigenvalue weighted by Gasteiger charge is -2.44. The number of aliphatic hydroxyl groups is 1. The van der Waals surface area contributed by atoms with E-state index in [0.29, 0.717) is 55.2 Å². The highest BCUT2D eigenvalue weighted by Crippen LogP contribution is 2.43. The molecule has 2 fully saturated rings. The Balaban J connectivity index is 1.37. The molecule has 1 saturated carbocycles. The normalized spacial score (nSPS) is 27.6.